The fourth-order valence-electron chi connectivity index (χ4n) is 2.14. The summed E-state index contributed by atoms with van der Waals surface area (Å²) < 4.78 is 29.0. The molecule has 0 saturated carbocycles. The zero-order valence-corrected chi connectivity index (χ0v) is 10.4. The van der Waals surface area contributed by atoms with Crippen LogP contribution in [0.3, 0.4) is 0 Å². The maximum absolute atomic E-state index is 14.2. The summed E-state index contributed by atoms with van der Waals surface area (Å²) in [6.45, 7) is 1.37. The smallest absolute Gasteiger partial charge is 0.277 e. The minimum atomic E-state index is -2.73. The number of hydrogen-bond donors (Lipinski definition) is 1. The van der Waals surface area contributed by atoms with Gasteiger partial charge in [-0.2, -0.15) is 0 Å². The van der Waals surface area contributed by atoms with Gasteiger partial charge in [-0.3, -0.25) is 0 Å². The largest absolute Gasteiger partial charge is 0.317 e. The van der Waals surface area contributed by atoms with Crippen LogP contribution in [0.5, 0.6) is 0 Å². The molecule has 16 heavy (non-hydrogen) atoms. The number of benzene rings is 1. The third-order valence-electron chi connectivity index (χ3n) is 3.08. The van der Waals surface area contributed by atoms with Gasteiger partial charge in [0.2, 0.25) is 0 Å². The molecule has 1 aliphatic heterocycles. The van der Waals surface area contributed by atoms with Crippen molar-refractivity contribution in [3.8, 4) is 0 Å². The van der Waals surface area contributed by atoms with Gasteiger partial charge in [0.05, 0.1) is 0 Å². The lowest BCUT2D eigenvalue weighted by Gasteiger charge is -2.31. The van der Waals surface area contributed by atoms with Crippen molar-refractivity contribution in [1.82, 2.24) is 5.32 Å². The number of alkyl halides is 2. The third kappa shape index (κ3) is 2.28. The van der Waals surface area contributed by atoms with Crippen molar-refractivity contribution >= 4 is 15.9 Å². The van der Waals surface area contributed by atoms with E-state index in [9.17, 15) is 8.78 Å². The van der Waals surface area contributed by atoms with Crippen LogP contribution >= 0.6 is 15.9 Å². The summed E-state index contributed by atoms with van der Waals surface area (Å²) in [4.78, 5) is 0. The Morgan fingerprint density at radius 2 is 1.81 bits per heavy atom. The molecule has 1 heterocycles. The Bertz CT molecular complexity index is 362. The summed E-state index contributed by atoms with van der Waals surface area (Å²) in [5.41, 5.74) is 0.113. The first-order chi connectivity index (χ1) is 7.62. The average molecular weight is 290 g/mol. The number of piperidine rings is 1. The van der Waals surface area contributed by atoms with E-state index >= 15 is 0 Å². The molecule has 4 heteroatoms. The van der Waals surface area contributed by atoms with Gasteiger partial charge in [-0.05, 0) is 32.0 Å². The second kappa shape index (κ2) is 4.80. The van der Waals surface area contributed by atoms with Crippen molar-refractivity contribution in [3.05, 3.63) is 34.3 Å². The van der Waals surface area contributed by atoms with Gasteiger partial charge in [-0.1, -0.05) is 34.1 Å². The quantitative estimate of drug-likeness (QED) is 0.878. The molecule has 0 spiro atoms. The van der Waals surface area contributed by atoms with Gasteiger partial charge < -0.3 is 5.32 Å². The molecule has 0 bridgehead atoms. The fraction of sp³-hybridized carbons (Fsp3) is 0.500. The molecule has 1 fully saturated rings. The van der Waals surface area contributed by atoms with E-state index in [0.717, 1.165) is 0 Å². The molecule has 2 rings (SSSR count). The molecule has 1 aliphatic rings. The Hall–Kier alpha value is -0.480. The Balaban J connectivity index is 2.26. The van der Waals surface area contributed by atoms with Crippen molar-refractivity contribution in [1.29, 1.82) is 0 Å². The molecule has 88 valence electrons. The Morgan fingerprint density at radius 3 is 2.44 bits per heavy atom. The van der Waals surface area contributed by atoms with E-state index in [-0.39, 0.29) is 5.56 Å². The predicted molar refractivity (Wildman–Crippen MR) is 63.6 cm³/mol. The maximum atomic E-state index is 14.2. The number of hydrogen-bond acceptors (Lipinski definition) is 1. The molecular weight excluding hydrogens is 276 g/mol. The third-order valence-corrected chi connectivity index (χ3v) is 3.78. The average Bonchev–Trinajstić information content (AvgIpc) is 2.30. The van der Waals surface area contributed by atoms with E-state index < -0.39 is 11.8 Å². The second-order valence-corrected chi connectivity index (χ2v) is 4.98. The van der Waals surface area contributed by atoms with Crippen LogP contribution in [-0.4, -0.2) is 13.1 Å². The van der Waals surface area contributed by atoms with Crippen LogP contribution in [0.15, 0.2) is 28.7 Å². The molecular formula is C12H14BrF2N. The lowest BCUT2D eigenvalue weighted by Crippen LogP contribution is -2.36. The second-order valence-electron chi connectivity index (χ2n) is 4.13. The zero-order chi connectivity index (χ0) is 11.6. The number of rotatable bonds is 2. The van der Waals surface area contributed by atoms with E-state index in [1.165, 1.54) is 6.07 Å². The molecule has 1 saturated heterocycles. The minimum absolute atomic E-state index is 0.113. The first kappa shape index (κ1) is 12.0. The summed E-state index contributed by atoms with van der Waals surface area (Å²) in [6, 6.07) is 6.59. The lowest BCUT2D eigenvalue weighted by molar-refractivity contribution is -0.0759. The van der Waals surface area contributed by atoms with E-state index in [4.69, 9.17) is 0 Å². The Kier molecular flexibility index (Phi) is 3.60. The SMILES string of the molecule is FC(F)(c1ccccc1Br)C1CCNCC1. The first-order valence-electron chi connectivity index (χ1n) is 5.46. The van der Waals surface area contributed by atoms with Crippen LogP contribution in [0.2, 0.25) is 0 Å². The molecule has 1 N–H and O–H groups in total. The van der Waals surface area contributed by atoms with E-state index in [0.29, 0.717) is 30.4 Å². The lowest BCUT2D eigenvalue weighted by atomic mass is 9.87. The number of halogens is 3. The summed E-state index contributed by atoms with van der Waals surface area (Å²) in [7, 11) is 0. The highest BCUT2D eigenvalue weighted by molar-refractivity contribution is 9.10. The first-order valence-corrected chi connectivity index (χ1v) is 6.25. The molecule has 0 radical (unpaired) electrons. The molecule has 0 amide bonds. The van der Waals surface area contributed by atoms with E-state index in [1.54, 1.807) is 18.2 Å². The van der Waals surface area contributed by atoms with Crippen LogP contribution in [0.1, 0.15) is 18.4 Å². The number of nitrogens with one attached hydrogen (secondary N) is 1. The highest BCUT2D eigenvalue weighted by Crippen LogP contribution is 2.43. The monoisotopic (exact) mass is 289 g/mol. The molecule has 1 aromatic rings. The Labute approximate surface area is 102 Å². The summed E-state index contributed by atoms with van der Waals surface area (Å²) in [5, 5.41) is 3.11. The van der Waals surface area contributed by atoms with Crippen molar-refractivity contribution in [2.75, 3.05) is 13.1 Å². The van der Waals surface area contributed by atoms with Crippen molar-refractivity contribution < 1.29 is 8.78 Å². The van der Waals surface area contributed by atoms with Crippen LogP contribution in [0.25, 0.3) is 0 Å². The van der Waals surface area contributed by atoms with Gasteiger partial charge in [0, 0.05) is 16.0 Å². The van der Waals surface area contributed by atoms with Crippen molar-refractivity contribution in [3.63, 3.8) is 0 Å². The van der Waals surface area contributed by atoms with Gasteiger partial charge in [-0.25, -0.2) is 8.78 Å². The van der Waals surface area contributed by atoms with Crippen LogP contribution in [0, 0.1) is 5.92 Å². The summed E-state index contributed by atoms with van der Waals surface area (Å²) in [5.74, 6) is -3.28. The van der Waals surface area contributed by atoms with E-state index in [2.05, 4.69) is 21.2 Å². The molecule has 1 nitrogen and oxygen atoms in total. The van der Waals surface area contributed by atoms with Gasteiger partial charge >= 0.3 is 0 Å². The predicted octanol–water partition coefficient (Wildman–Crippen LogP) is 3.54. The molecule has 0 aromatic heterocycles. The normalized spacial score (nSPS) is 18.7. The Morgan fingerprint density at radius 1 is 1.19 bits per heavy atom. The van der Waals surface area contributed by atoms with Crippen molar-refractivity contribution in [2.45, 2.75) is 18.8 Å². The summed E-state index contributed by atoms with van der Waals surface area (Å²) in [6.07, 6.45) is 1.07. The molecule has 1 aromatic carbocycles. The van der Waals surface area contributed by atoms with E-state index in [1.807, 2.05) is 0 Å². The fourth-order valence-corrected chi connectivity index (χ4v) is 2.69. The van der Waals surface area contributed by atoms with Gasteiger partial charge in [0.15, 0.2) is 0 Å². The molecule has 0 unspecified atom stereocenters. The molecule has 0 aliphatic carbocycles. The topological polar surface area (TPSA) is 12.0 Å². The highest BCUT2D eigenvalue weighted by atomic mass is 79.9. The van der Waals surface area contributed by atoms with Crippen LogP contribution < -0.4 is 5.32 Å². The maximum Gasteiger partial charge on any atom is 0.277 e. The minimum Gasteiger partial charge on any atom is -0.317 e. The van der Waals surface area contributed by atoms with Gasteiger partial charge in [0.25, 0.3) is 5.92 Å². The van der Waals surface area contributed by atoms with Crippen LogP contribution in [0.4, 0.5) is 8.78 Å². The van der Waals surface area contributed by atoms with Gasteiger partial charge in [0.1, 0.15) is 0 Å². The van der Waals surface area contributed by atoms with Crippen molar-refractivity contribution in [2.24, 2.45) is 5.92 Å². The highest BCUT2D eigenvalue weighted by Gasteiger charge is 2.42. The van der Waals surface area contributed by atoms with Gasteiger partial charge in [-0.15, -0.1) is 0 Å². The molecule has 0 atom stereocenters. The zero-order valence-electron chi connectivity index (χ0n) is 8.85. The summed E-state index contributed by atoms with van der Waals surface area (Å²) >= 11 is 3.20. The van der Waals surface area contributed by atoms with Crippen LogP contribution in [-0.2, 0) is 5.92 Å². The standard InChI is InChI=1S/C12H14BrF2N/c13-11-4-2-1-3-10(11)12(14,15)9-5-7-16-8-6-9/h1-4,9,16H,5-8H2.